The zero-order valence-electron chi connectivity index (χ0n) is 15.9. The van der Waals surface area contributed by atoms with E-state index in [0.29, 0.717) is 5.01 Å². The number of halogens is 3. The van der Waals surface area contributed by atoms with E-state index in [0.717, 1.165) is 16.3 Å². The predicted molar refractivity (Wildman–Crippen MR) is 111 cm³/mol. The molecule has 0 saturated carbocycles. The molecule has 2 amide bonds. The van der Waals surface area contributed by atoms with Crippen LogP contribution in [0.1, 0.15) is 17.5 Å². The predicted octanol–water partition coefficient (Wildman–Crippen LogP) is 4.82. The lowest BCUT2D eigenvalue weighted by Crippen LogP contribution is -2.37. The molecule has 30 heavy (non-hydrogen) atoms. The minimum atomic E-state index is -4.59. The molecule has 3 aromatic rings. The van der Waals surface area contributed by atoms with Gasteiger partial charge in [-0.2, -0.15) is 13.2 Å². The number of alkyl halides is 3. The molecule has 0 spiro atoms. The van der Waals surface area contributed by atoms with E-state index in [9.17, 15) is 22.8 Å². The fourth-order valence-corrected chi connectivity index (χ4v) is 3.63. The fourth-order valence-electron chi connectivity index (χ4n) is 2.76. The summed E-state index contributed by atoms with van der Waals surface area (Å²) in [6, 6.07) is 12.3. The van der Waals surface area contributed by atoms with E-state index >= 15 is 0 Å². The third-order valence-electron chi connectivity index (χ3n) is 4.21. The number of carbonyl (C=O) groups excluding carboxylic acids is 2. The van der Waals surface area contributed by atoms with Gasteiger partial charge in [-0.05, 0) is 37.3 Å². The molecule has 0 unspecified atom stereocenters. The smallest absolute Gasteiger partial charge is 0.330 e. The van der Waals surface area contributed by atoms with E-state index in [1.165, 1.54) is 40.5 Å². The number of hydrogen-bond acceptors (Lipinski definition) is 4. The molecule has 5 nitrogen and oxygen atoms in total. The van der Waals surface area contributed by atoms with E-state index in [2.05, 4.69) is 10.3 Å². The van der Waals surface area contributed by atoms with Crippen molar-refractivity contribution < 1.29 is 22.8 Å². The number of benzene rings is 2. The second-order valence-electron chi connectivity index (χ2n) is 6.30. The summed E-state index contributed by atoms with van der Waals surface area (Å²) in [6.45, 7) is 1.53. The van der Waals surface area contributed by atoms with Crippen LogP contribution >= 0.6 is 11.3 Å². The lowest BCUT2D eigenvalue weighted by Gasteiger charge is -2.19. The lowest BCUT2D eigenvalue weighted by molar-refractivity contribution is -0.137. The van der Waals surface area contributed by atoms with Gasteiger partial charge >= 0.3 is 6.18 Å². The molecule has 1 N–H and O–H groups in total. The van der Waals surface area contributed by atoms with Crippen molar-refractivity contribution in [3.05, 3.63) is 65.2 Å². The average Bonchev–Trinajstić information content (AvgIpc) is 3.13. The van der Waals surface area contributed by atoms with Crippen molar-refractivity contribution in [1.29, 1.82) is 0 Å². The van der Waals surface area contributed by atoms with E-state index < -0.39 is 23.6 Å². The standard InChI is InChI=1S/C21H18F3N3O2S/c1-2-27(13-18(28)25-15-8-4-3-7-14(15)21(22,23)24)20(29)12-11-19-26-16-9-5-6-10-17(16)30-19/h3-12H,2,13H2,1H3,(H,25,28). The summed E-state index contributed by atoms with van der Waals surface area (Å²) in [7, 11) is 0. The number of rotatable bonds is 6. The number of anilines is 1. The highest BCUT2D eigenvalue weighted by atomic mass is 32.1. The number of carbonyl (C=O) groups is 2. The number of aromatic nitrogens is 1. The van der Waals surface area contributed by atoms with Crippen LogP contribution in [0.2, 0.25) is 0 Å². The van der Waals surface area contributed by atoms with Gasteiger partial charge in [-0.1, -0.05) is 24.3 Å². The molecule has 156 valence electrons. The van der Waals surface area contributed by atoms with E-state index in [1.807, 2.05) is 24.3 Å². The van der Waals surface area contributed by atoms with Gasteiger partial charge in [0.15, 0.2) is 0 Å². The van der Waals surface area contributed by atoms with Crippen LogP contribution in [0.5, 0.6) is 0 Å². The molecule has 1 aromatic heterocycles. The summed E-state index contributed by atoms with van der Waals surface area (Å²) in [5.41, 5.74) is -0.461. The minimum Gasteiger partial charge on any atom is -0.330 e. The van der Waals surface area contributed by atoms with Crippen molar-refractivity contribution in [3.63, 3.8) is 0 Å². The van der Waals surface area contributed by atoms with Crippen LogP contribution in [0.15, 0.2) is 54.6 Å². The Labute approximate surface area is 174 Å². The monoisotopic (exact) mass is 433 g/mol. The average molecular weight is 433 g/mol. The number of nitrogens with one attached hydrogen (secondary N) is 1. The zero-order chi connectivity index (χ0) is 21.7. The molecule has 0 aliphatic heterocycles. The van der Waals surface area contributed by atoms with Crippen LogP contribution in [-0.4, -0.2) is 34.8 Å². The topological polar surface area (TPSA) is 62.3 Å². The normalized spacial score (nSPS) is 11.7. The summed E-state index contributed by atoms with van der Waals surface area (Å²) in [5.74, 6) is -1.15. The molecular formula is C21H18F3N3O2S. The quantitative estimate of drug-likeness (QED) is 0.567. The molecule has 0 aliphatic carbocycles. The van der Waals surface area contributed by atoms with Gasteiger partial charge in [0.25, 0.3) is 0 Å². The number of nitrogens with zero attached hydrogens (tertiary/aromatic N) is 2. The van der Waals surface area contributed by atoms with Crippen LogP contribution in [0.25, 0.3) is 16.3 Å². The molecule has 2 aromatic carbocycles. The second-order valence-corrected chi connectivity index (χ2v) is 7.36. The summed E-state index contributed by atoms with van der Waals surface area (Å²) < 4.78 is 40.2. The third-order valence-corrected chi connectivity index (χ3v) is 5.21. The van der Waals surface area contributed by atoms with Crippen molar-refractivity contribution in [2.24, 2.45) is 0 Å². The van der Waals surface area contributed by atoms with Gasteiger partial charge in [0.1, 0.15) is 11.6 Å². The van der Waals surface area contributed by atoms with Crippen LogP contribution in [0.3, 0.4) is 0 Å². The van der Waals surface area contributed by atoms with Crippen molar-refractivity contribution in [2.45, 2.75) is 13.1 Å². The molecule has 0 atom stereocenters. The van der Waals surface area contributed by atoms with Crippen molar-refractivity contribution >= 4 is 45.1 Å². The van der Waals surface area contributed by atoms with Crippen molar-refractivity contribution in [1.82, 2.24) is 9.88 Å². The van der Waals surface area contributed by atoms with Crippen LogP contribution < -0.4 is 5.32 Å². The van der Waals surface area contributed by atoms with Crippen LogP contribution in [0, 0.1) is 0 Å². The first kappa shape index (κ1) is 21.5. The summed E-state index contributed by atoms with van der Waals surface area (Å²) in [4.78, 5) is 30.3. The Morgan fingerprint density at radius 3 is 2.53 bits per heavy atom. The first-order valence-corrected chi connectivity index (χ1v) is 9.88. The van der Waals surface area contributed by atoms with Crippen molar-refractivity contribution in [2.75, 3.05) is 18.4 Å². The second kappa shape index (κ2) is 9.08. The fraction of sp³-hybridized carbons (Fsp3) is 0.190. The SMILES string of the molecule is CCN(CC(=O)Nc1ccccc1C(F)(F)F)C(=O)C=Cc1nc2ccccc2s1. The molecule has 0 saturated heterocycles. The Kier molecular flexibility index (Phi) is 6.51. The molecule has 0 radical (unpaired) electrons. The van der Waals surface area contributed by atoms with E-state index in [1.54, 1.807) is 13.0 Å². The molecular weight excluding hydrogens is 415 g/mol. The van der Waals surface area contributed by atoms with Crippen LogP contribution in [-0.2, 0) is 15.8 Å². The van der Waals surface area contributed by atoms with Gasteiger partial charge in [0.2, 0.25) is 11.8 Å². The maximum absolute atomic E-state index is 13.1. The highest BCUT2D eigenvalue weighted by Gasteiger charge is 2.33. The summed E-state index contributed by atoms with van der Waals surface area (Å²) >= 11 is 1.42. The van der Waals surface area contributed by atoms with E-state index in [-0.39, 0.29) is 18.8 Å². The Morgan fingerprint density at radius 1 is 1.13 bits per heavy atom. The highest BCUT2D eigenvalue weighted by molar-refractivity contribution is 7.19. The minimum absolute atomic E-state index is 0.220. The van der Waals surface area contributed by atoms with Gasteiger partial charge in [-0.15, -0.1) is 11.3 Å². The van der Waals surface area contributed by atoms with E-state index in [4.69, 9.17) is 0 Å². The summed E-state index contributed by atoms with van der Waals surface area (Å²) in [6.07, 6.45) is -1.73. The first-order valence-electron chi connectivity index (χ1n) is 9.06. The Morgan fingerprint density at radius 2 is 1.83 bits per heavy atom. The molecule has 0 aliphatic rings. The van der Waals surface area contributed by atoms with Gasteiger partial charge < -0.3 is 10.2 Å². The Bertz CT molecular complexity index is 1060. The molecule has 9 heteroatoms. The third kappa shape index (κ3) is 5.24. The highest BCUT2D eigenvalue weighted by Crippen LogP contribution is 2.34. The molecule has 0 fully saturated rings. The lowest BCUT2D eigenvalue weighted by atomic mass is 10.1. The molecule has 1 heterocycles. The van der Waals surface area contributed by atoms with Gasteiger partial charge in [0, 0.05) is 12.6 Å². The number of hydrogen-bond donors (Lipinski definition) is 1. The van der Waals surface area contributed by atoms with Gasteiger partial charge in [0.05, 0.1) is 21.5 Å². The number of amides is 2. The van der Waals surface area contributed by atoms with Crippen molar-refractivity contribution in [3.8, 4) is 0 Å². The number of thiazole rings is 1. The Balaban J connectivity index is 1.66. The maximum Gasteiger partial charge on any atom is 0.418 e. The summed E-state index contributed by atoms with van der Waals surface area (Å²) in [5, 5.41) is 2.88. The van der Waals surface area contributed by atoms with Crippen LogP contribution in [0.4, 0.5) is 18.9 Å². The number of fused-ring (bicyclic) bond motifs is 1. The maximum atomic E-state index is 13.1. The molecule has 0 bridgehead atoms. The number of likely N-dealkylation sites (N-methyl/N-ethyl adjacent to an activating group) is 1. The first-order chi connectivity index (χ1) is 14.3. The largest absolute Gasteiger partial charge is 0.418 e. The Hall–Kier alpha value is -3.20. The molecule has 3 rings (SSSR count). The number of para-hydroxylation sites is 2. The van der Waals surface area contributed by atoms with Gasteiger partial charge in [-0.3, -0.25) is 9.59 Å². The zero-order valence-corrected chi connectivity index (χ0v) is 16.8. The van der Waals surface area contributed by atoms with Gasteiger partial charge in [-0.25, -0.2) is 4.98 Å².